The quantitative estimate of drug-likeness (QED) is 0.426. The normalized spacial score (nSPS) is 16.6. The second-order valence-electron chi connectivity index (χ2n) is 6.97. The number of hydrogen-bond acceptors (Lipinski definition) is 3. The van der Waals surface area contributed by atoms with Gasteiger partial charge in [-0.15, -0.1) is 12.3 Å². The molecule has 0 heterocycles. The molecule has 138 valence electrons. The lowest BCUT2D eigenvalue weighted by molar-refractivity contribution is -0.152. The Hall–Kier alpha value is -2.31. The number of benzene rings is 1. The maximum absolute atomic E-state index is 12.1. The molecule has 0 aromatic heterocycles. The maximum atomic E-state index is 12.1. The van der Waals surface area contributed by atoms with E-state index < -0.39 is 0 Å². The van der Waals surface area contributed by atoms with Crippen LogP contribution in [0.15, 0.2) is 42.5 Å². The third-order valence-corrected chi connectivity index (χ3v) is 5.10. The van der Waals surface area contributed by atoms with E-state index in [9.17, 15) is 4.79 Å². The highest BCUT2D eigenvalue weighted by Crippen LogP contribution is 2.38. The first-order valence-corrected chi connectivity index (χ1v) is 9.27. The van der Waals surface area contributed by atoms with Crippen LogP contribution in [0.5, 0.6) is 0 Å². The van der Waals surface area contributed by atoms with E-state index in [1.54, 1.807) is 0 Å². The average Bonchev–Trinajstić information content (AvgIpc) is 3.15. The fraction of sp³-hybridized carbons (Fsp3) is 0.435. The molecule has 1 N–H and O–H groups in total. The Morgan fingerprint density at radius 2 is 2.00 bits per heavy atom. The summed E-state index contributed by atoms with van der Waals surface area (Å²) < 4.78 is 5.03. The van der Waals surface area contributed by atoms with Gasteiger partial charge in [-0.25, -0.2) is 0 Å². The van der Waals surface area contributed by atoms with Crippen molar-refractivity contribution in [2.45, 2.75) is 45.6 Å². The summed E-state index contributed by atoms with van der Waals surface area (Å²) in [5.74, 6) is 2.52. The molecule has 0 amide bonds. The minimum atomic E-state index is -0.335. The molecular formula is C23H29NO2. The van der Waals surface area contributed by atoms with Gasteiger partial charge in [-0.05, 0) is 36.5 Å². The highest BCUT2D eigenvalue weighted by molar-refractivity contribution is 5.77. The lowest BCUT2D eigenvalue weighted by atomic mass is 9.86. The Labute approximate surface area is 157 Å². The number of carbonyl (C=O) groups is 1. The molecule has 2 rings (SSSR count). The van der Waals surface area contributed by atoms with E-state index >= 15 is 0 Å². The smallest absolute Gasteiger partial charge is 0.313 e. The van der Waals surface area contributed by atoms with Crippen molar-refractivity contribution in [2.75, 3.05) is 13.7 Å². The van der Waals surface area contributed by atoms with Crippen LogP contribution < -0.4 is 5.32 Å². The number of rotatable bonds is 8. The lowest BCUT2D eigenvalue weighted by Gasteiger charge is -2.26. The van der Waals surface area contributed by atoms with Gasteiger partial charge in [0, 0.05) is 19.5 Å². The summed E-state index contributed by atoms with van der Waals surface area (Å²) in [5.41, 5.74) is 3.27. The molecule has 1 fully saturated rings. The molecule has 1 aliphatic carbocycles. The van der Waals surface area contributed by atoms with Crippen LogP contribution in [0.25, 0.3) is 5.57 Å². The molecule has 0 atom stereocenters. The van der Waals surface area contributed by atoms with Crippen LogP contribution in [0.2, 0.25) is 0 Å². The van der Waals surface area contributed by atoms with Crippen LogP contribution in [0, 0.1) is 17.8 Å². The highest BCUT2D eigenvalue weighted by Gasteiger charge is 2.41. The van der Waals surface area contributed by atoms with Gasteiger partial charge < -0.3 is 10.1 Å². The summed E-state index contributed by atoms with van der Waals surface area (Å²) in [6.45, 7) is 3.53. The maximum Gasteiger partial charge on any atom is 0.313 e. The van der Waals surface area contributed by atoms with E-state index in [2.05, 4.69) is 48.5 Å². The number of terminal acetylenes is 1. The van der Waals surface area contributed by atoms with Gasteiger partial charge in [-0.1, -0.05) is 55.3 Å². The van der Waals surface area contributed by atoms with Crippen LogP contribution in [-0.4, -0.2) is 19.6 Å². The van der Waals surface area contributed by atoms with Gasteiger partial charge in [0.1, 0.15) is 0 Å². The molecule has 26 heavy (non-hydrogen) atoms. The monoisotopic (exact) mass is 351 g/mol. The second kappa shape index (κ2) is 9.99. The molecule has 1 aromatic carbocycles. The molecule has 0 spiro atoms. The summed E-state index contributed by atoms with van der Waals surface area (Å²) >= 11 is 0. The van der Waals surface area contributed by atoms with Crippen LogP contribution >= 0.6 is 0 Å². The van der Waals surface area contributed by atoms with Crippen molar-refractivity contribution < 1.29 is 9.53 Å². The van der Waals surface area contributed by atoms with Crippen molar-refractivity contribution in [3.05, 3.63) is 53.6 Å². The minimum absolute atomic E-state index is 0.0727. The first-order valence-electron chi connectivity index (χ1n) is 9.27. The third kappa shape index (κ3) is 5.34. The number of hydrogen-bond donors (Lipinski definition) is 1. The molecule has 3 heteroatoms. The van der Waals surface area contributed by atoms with Gasteiger partial charge in [0.2, 0.25) is 0 Å². The van der Waals surface area contributed by atoms with Crippen molar-refractivity contribution in [3.8, 4) is 12.3 Å². The van der Waals surface area contributed by atoms with Crippen LogP contribution in [-0.2, 0) is 16.1 Å². The molecule has 1 aromatic rings. The highest BCUT2D eigenvalue weighted by atomic mass is 16.5. The van der Waals surface area contributed by atoms with Gasteiger partial charge in [0.15, 0.2) is 0 Å². The van der Waals surface area contributed by atoms with Crippen molar-refractivity contribution in [3.63, 3.8) is 0 Å². The Bertz CT molecular complexity index is 686. The van der Waals surface area contributed by atoms with E-state index in [1.807, 2.05) is 12.2 Å². The summed E-state index contributed by atoms with van der Waals surface area (Å²) in [4.78, 5) is 12.1. The molecule has 0 aliphatic heterocycles. The number of esters is 1. The van der Waals surface area contributed by atoms with Crippen molar-refractivity contribution in [1.29, 1.82) is 0 Å². The second-order valence-corrected chi connectivity index (χ2v) is 6.97. The molecule has 0 saturated heterocycles. The number of nitrogens with one attached hydrogen (secondary N) is 1. The number of methoxy groups -OCH3 is 1. The van der Waals surface area contributed by atoms with Crippen molar-refractivity contribution in [2.24, 2.45) is 5.41 Å². The molecule has 0 bridgehead atoms. The molecule has 1 aliphatic rings. The van der Waals surface area contributed by atoms with Gasteiger partial charge in [-0.2, -0.15) is 0 Å². The zero-order valence-electron chi connectivity index (χ0n) is 15.9. The van der Waals surface area contributed by atoms with Crippen molar-refractivity contribution >= 4 is 11.5 Å². The first kappa shape index (κ1) is 20.0. The fourth-order valence-corrected chi connectivity index (χ4v) is 3.50. The number of carbonyl (C=O) groups excluding carboxylic acids is 1. The largest absolute Gasteiger partial charge is 0.469 e. The summed E-state index contributed by atoms with van der Waals surface area (Å²) in [6, 6.07) is 8.52. The SMILES string of the molecule is C#CC/C=C\C=C(/C)c1ccc(CNCC2(C(=O)OC)CCCC2)cc1. The van der Waals surface area contributed by atoms with Gasteiger partial charge in [0.25, 0.3) is 0 Å². The van der Waals surface area contributed by atoms with E-state index in [4.69, 9.17) is 11.2 Å². The molecule has 0 unspecified atom stereocenters. The lowest BCUT2D eigenvalue weighted by Crippen LogP contribution is -2.39. The number of ether oxygens (including phenoxy) is 1. The van der Waals surface area contributed by atoms with Crippen LogP contribution in [0.4, 0.5) is 0 Å². The molecule has 0 radical (unpaired) electrons. The zero-order valence-corrected chi connectivity index (χ0v) is 15.9. The van der Waals surface area contributed by atoms with E-state index in [0.29, 0.717) is 13.0 Å². The summed E-state index contributed by atoms with van der Waals surface area (Å²) in [7, 11) is 1.48. The van der Waals surface area contributed by atoms with Crippen molar-refractivity contribution in [1.82, 2.24) is 5.32 Å². The Balaban J connectivity index is 1.89. The Morgan fingerprint density at radius 1 is 1.31 bits per heavy atom. The van der Waals surface area contributed by atoms with Gasteiger partial charge in [0.05, 0.1) is 12.5 Å². The Morgan fingerprint density at radius 3 is 2.62 bits per heavy atom. The average molecular weight is 351 g/mol. The standard InChI is InChI=1S/C23H29NO2/c1-4-5-6-7-10-19(2)21-13-11-20(12-14-21)17-24-18-23(22(25)26-3)15-8-9-16-23/h1,6-7,10-14,24H,5,8-9,15-18H2,2-3H3/b7-6-,19-10+. The van der Waals surface area contributed by atoms with Crippen LogP contribution in [0.3, 0.4) is 0 Å². The predicted molar refractivity (Wildman–Crippen MR) is 107 cm³/mol. The van der Waals surface area contributed by atoms with E-state index in [1.165, 1.54) is 23.8 Å². The molecular weight excluding hydrogens is 322 g/mol. The fourth-order valence-electron chi connectivity index (χ4n) is 3.50. The summed E-state index contributed by atoms with van der Waals surface area (Å²) in [6.07, 6.45) is 16.0. The predicted octanol–water partition coefficient (Wildman–Crippen LogP) is 4.49. The third-order valence-electron chi connectivity index (χ3n) is 5.10. The minimum Gasteiger partial charge on any atom is -0.469 e. The van der Waals surface area contributed by atoms with Gasteiger partial charge in [-0.3, -0.25) is 4.79 Å². The van der Waals surface area contributed by atoms with E-state index in [0.717, 1.165) is 32.2 Å². The topological polar surface area (TPSA) is 38.3 Å². The molecule has 1 saturated carbocycles. The van der Waals surface area contributed by atoms with E-state index in [-0.39, 0.29) is 11.4 Å². The molecule has 3 nitrogen and oxygen atoms in total. The number of allylic oxidation sites excluding steroid dienone is 4. The summed E-state index contributed by atoms with van der Waals surface area (Å²) in [5, 5.41) is 3.45. The Kier molecular flexibility index (Phi) is 7.69. The first-order chi connectivity index (χ1) is 12.6. The van der Waals surface area contributed by atoms with Crippen LogP contribution in [0.1, 0.15) is 50.2 Å². The van der Waals surface area contributed by atoms with Gasteiger partial charge >= 0.3 is 5.97 Å². The zero-order chi connectivity index (χ0) is 18.8.